The summed E-state index contributed by atoms with van der Waals surface area (Å²) in [6, 6.07) is 0. The van der Waals surface area contributed by atoms with Crippen LogP contribution in [0.1, 0.15) is 145 Å². The fourth-order valence-electron chi connectivity index (χ4n) is 8.40. The first-order chi connectivity index (χ1) is 20.6. The summed E-state index contributed by atoms with van der Waals surface area (Å²) in [5.74, 6) is -0.815. The Balaban J connectivity index is 1.24. The summed E-state index contributed by atoms with van der Waals surface area (Å²) in [6.45, 7) is 17.3. The van der Waals surface area contributed by atoms with Gasteiger partial charge in [-0.05, 0) is 81.1 Å². The molecule has 2 saturated heterocycles. The van der Waals surface area contributed by atoms with E-state index in [4.69, 9.17) is 19.1 Å². The zero-order valence-electron chi connectivity index (χ0n) is 28.9. The van der Waals surface area contributed by atoms with Crippen LogP contribution >= 0.6 is 0 Å². The molecular formula is C36H60N2O6. The average molecular weight is 617 g/mol. The highest BCUT2D eigenvalue weighted by Crippen LogP contribution is 2.43. The molecule has 4 fully saturated rings. The van der Waals surface area contributed by atoms with E-state index >= 15 is 0 Å². The molecule has 8 heteroatoms. The van der Waals surface area contributed by atoms with Crippen molar-refractivity contribution in [1.82, 2.24) is 10.1 Å². The lowest BCUT2D eigenvalue weighted by Gasteiger charge is -2.54. The summed E-state index contributed by atoms with van der Waals surface area (Å²) in [5, 5.41) is 4.33. The van der Waals surface area contributed by atoms with E-state index < -0.39 is 11.9 Å². The van der Waals surface area contributed by atoms with Gasteiger partial charge < -0.3 is 9.47 Å². The van der Waals surface area contributed by atoms with Gasteiger partial charge in [0.15, 0.2) is 0 Å². The van der Waals surface area contributed by atoms with Crippen LogP contribution < -0.4 is 0 Å². The number of carbonyl (C=O) groups is 2. The van der Waals surface area contributed by atoms with Crippen LogP contribution in [0.15, 0.2) is 24.3 Å². The van der Waals surface area contributed by atoms with Gasteiger partial charge >= 0.3 is 11.9 Å². The molecule has 2 aliphatic carbocycles. The molecular weight excluding hydrogens is 556 g/mol. The largest absolute Gasteiger partial charge is 0.459 e. The number of hydroxylamine groups is 4. The van der Waals surface area contributed by atoms with Crippen LogP contribution in [-0.2, 0) is 28.7 Å². The van der Waals surface area contributed by atoms with Gasteiger partial charge in [0.05, 0.1) is 12.2 Å². The number of ether oxygens (including phenoxy) is 2. The minimum absolute atomic E-state index is 0.211. The molecule has 0 unspecified atom stereocenters. The number of rotatable bonds is 9. The number of nitrogens with zero attached hydrogens (tertiary/aromatic N) is 2. The lowest BCUT2D eigenvalue weighted by atomic mass is 9.80. The molecule has 0 bridgehead atoms. The van der Waals surface area contributed by atoms with Crippen LogP contribution in [0.25, 0.3) is 0 Å². The number of piperidine rings is 2. The third-order valence-corrected chi connectivity index (χ3v) is 9.86. The van der Waals surface area contributed by atoms with Crippen LogP contribution in [0.4, 0.5) is 0 Å². The number of allylic oxidation sites excluding steroid dienone is 2. The van der Waals surface area contributed by atoms with Crippen molar-refractivity contribution in [3.63, 3.8) is 0 Å². The van der Waals surface area contributed by atoms with Gasteiger partial charge in [-0.3, -0.25) is 9.68 Å². The predicted molar refractivity (Wildman–Crippen MR) is 172 cm³/mol. The minimum Gasteiger partial charge on any atom is -0.459 e. The van der Waals surface area contributed by atoms with E-state index in [1.165, 1.54) is 50.7 Å². The van der Waals surface area contributed by atoms with Crippen molar-refractivity contribution >= 4 is 11.9 Å². The Morgan fingerprint density at radius 1 is 0.500 bits per heavy atom. The highest BCUT2D eigenvalue weighted by Gasteiger charge is 2.50. The second-order valence-corrected chi connectivity index (χ2v) is 16.2. The normalized spacial score (nSPS) is 27.5. The van der Waals surface area contributed by atoms with Gasteiger partial charge in [-0.15, -0.1) is 0 Å². The molecule has 44 heavy (non-hydrogen) atoms. The smallest absolute Gasteiger partial charge is 0.331 e. The van der Waals surface area contributed by atoms with Crippen LogP contribution in [-0.4, -0.2) is 68.6 Å². The number of carbonyl (C=O) groups excluding carboxylic acids is 2. The molecule has 0 amide bonds. The van der Waals surface area contributed by atoms with Crippen LogP contribution in [0, 0.1) is 0 Å². The molecule has 2 aliphatic heterocycles. The first kappa shape index (κ1) is 35.1. The predicted octanol–water partition coefficient (Wildman–Crippen LogP) is 7.76. The third kappa shape index (κ3) is 9.40. The monoisotopic (exact) mass is 616 g/mol. The fraction of sp³-hybridized carbons (Fsp3) is 0.833. The quantitative estimate of drug-likeness (QED) is 0.148. The molecule has 0 aromatic carbocycles. The molecule has 2 heterocycles. The summed E-state index contributed by atoms with van der Waals surface area (Å²) in [7, 11) is 0. The maximum Gasteiger partial charge on any atom is 0.331 e. The first-order valence-corrected chi connectivity index (χ1v) is 17.3. The van der Waals surface area contributed by atoms with Crippen molar-refractivity contribution < 1.29 is 28.7 Å². The van der Waals surface area contributed by atoms with Crippen LogP contribution in [0.3, 0.4) is 0 Å². The van der Waals surface area contributed by atoms with E-state index in [0.29, 0.717) is 25.7 Å². The molecule has 0 radical (unpaired) electrons. The van der Waals surface area contributed by atoms with Gasteiger partial charge in [0.25, 0.3) is 0 Å². The Kier molecular flexibility index (Phi) is 11.5. The maximum atomic E-state index is 12.7. The first-order valence-electron chi connectivity index (χ1n) is 17.3. The molecule has 4 aliphatic rings. The number of hydrogen-bond donors (Lipinski definition) is 0. The Morgan fingerprint density at radius 2 is 0.795 bits per heavy atom. The van der Waals surface area contributed by atoms with Gasteiger partial charge in [0.1, 0.15) is 12.2 Å². The maximum absolute atomic E-state index is 12.7. The molecule has 250 valence electrons. The minimum atomic E-state index is -0.407. The highest BCUT2D eigenvalue weighted by molar-refractivity contribution is 5.84. The summed E-state index contributed by atoms with van der Waals surface area (Å²) >= 11 is 0. The number of esters is 2. The summed E-state index contributed by atoms with van der Waals surface area (Å²) < 4.78 is 11.7. The molecule has 0 N–H and O–H groups in total. The van der Waals surface area contributed by atoms with Crippen molar-refractivity contribution in [2.75, 3.05) is 0 Å². The van der Waals surface area contributed by atoms with Crippen LogP contribution in [0.2, 0.25) is 0 Å². The van der Waals surface area contributed by atoms with Crippen molar-refractivity contribution in [2.24, 2.45) is 0 Å². The van der Waals surface area contributed by atoms with Crippen LogP contribution in [0.5, 0.6) is 0 Å². The molecule has 4 rings (SSSR count). The standard InChI is InChI=1S/C36H60N2O6/c1-33(2)23-29(24-34(3,4)37(33)43-27-17-11-9-12-18-27)41-31(39)21-15-16-22-32(40)42-30-25-35(5,6)38(36(7,8)26-30)44-28-19-13-10-14-20-28/h15-16,21-22,27-30H,9-14,17-20,23-26H2,1-8H3. The Bertz CT molecular complexity index is 917. The highest BCUT2D eigenvalue weighted by atomic mass is 16.7. The van der Waals surface area contributed by atoms with Crippen molar-refractivity contribution in [3.05, 3.63) is 24.3 Å². The molecule has 8 nitrogen and oxygen atoms in total. The zero-order valence-corrected chi connectivity index (χ0v) is 28.9. The van der Waals surface area contributed by atoms with Gasteiger partial charge in [-0.1, -0.05) is 50.7 Å². The molecule has 0 aromatic rings. The lowest BCUT2D eigenvalue weighted by Crippen LogP contribution is -2.63. The van der Waals surface area contributed by atoms with E-state index in [2.05, 4.69) is 65.5 Å². The van der Waals surface area contributed by atoms with Gasteiger partial charge in [0.2, 0.25) is 0 Å². The molecule has 2 saturated carbocycles. The van der Waals surface area contributed by atoms with E-state index in [1.807, 2.05) is 0 Å². The van der Waals surface area contributed by atoms with E-state index in [0.717, 1.165) is 25.7 Å². The van der Waals surface area contributed by atoms with E-state index in [-0.39, 0.29) is 46.6 Å². The van der Waals surface area contributed by atoms with E-state index in [1.54, 1.807) is 12.2 Å². The Morgan fingerprint density at radius 3 is 1.09 bits per heavy atom. The summed E-state index contributed by atoms with van der Waals surface area (Å²) in [4.78, 5) is 38.5. The molecule has 0 spiro atoms. The second-order valence-electron chi connectivity index (χ2n) is 16.2. The van der Waals surface area contributed by atoms with Gasteiger partial charge in [-0.25, -0.2) is 9.59 Å². The Hall–Kier alpha value is -1.74. The van der Waals surface area contributed by atoms with Gasteiger partial charge in [-0.2, -0.15) is 10.1 Å². The topological polar surface area (TPSA) is 77.5 Å². The average Bonchev–Trinajstić information content (AvgIpc) is 2.91. The van der Waals surface area contributed by atoms with Crippen molar-refractivity contribution in [1.29, 1.82) is 0 Å². The third-order valence-electron chi connectivity index (χ3n) is 9.86. The number of hydrogen-bond acceptors (Lipinski definition) is 8. The SMILES string of the molecule is CC1(C)CC(OC(=O)C=CC=CC(=O)OC2CC(C)(C)N(OC3CCCCC3)C(C)(C)C2)CC(C)(C)N1OC1CCCCC1. The molecule has 0 atom stereocenters. The van der Waals surface area contributed by atoms with Crippen molar-refractivity contribution in [2.45, 2.75) is 192 Å². The lowest BCUT2D eigenvalue weighted by molar-refractivity contribution is -0.317. The van der Waals surface area contributed by atoms with Crippen molar-refractivity contribution in [3.8, 4) is 0 Å². The fourth-order valence-corrected chi connectivity index (χ4v) is 8.40. The zero-order chi connectivity index (χ0) is 32.2. The summed E-state index contributed by atoms with van der Waals surface area (Å²) in [6.07, 6.45) is 20.7. The summed E-state index contributed by atoms with van der Waals surface area (Å²) in [5.41, 5.74) is -1.06. The Labute approximate surface area is 266 Å². The second kappa shape index (κ2) is 14.4. The van der Waals surface area contributed by atoms with E-state index in [9.17, 15) is 9.59 Å². The van der Waals surface area contributed by atoms with Gasteiger partial charge in [0, 0.05) is 60.0 Å². The molecule has 0 aromatic heterocycles.